The quantitative estimate of drug-likeness (QED) is 0.310. The number of unbranched alkanes of at least 4 members (excludes halogenated alkanes) is 7. The molecule has 0 aromatic heterocycles. The van der Waals surface area contributed by atoms with E-state index in [9.17, 15) is 4.79 Å². The number of aliphatic carboxylic acids is 1. The van der Waals surface area contributed by atoms with E-state index >= 15 is 0 Å². The lowest BCUT2D eigenvalue weighted by atomic mass is 10.1. The van der Waals surface area contributed by atoms with Gasteiger partial charge in [0.2, 0.25) is 0 Å². The van der Waals surface area contributed by atoms with E-state index in [0.29, 0.717) is 4.90 Å². The van der Waals surface area contributed by atoms with E-state index in [0.717, 1.165) is 19.3 Å². The zero-order chi connectivity index (χ0) is 17.7. The number of carbonyl (C=O) groups is 1. The van der Waals surface area contributed by atoms with Crippen LogP contribution < -0.4 is 5.32 Å². The number of likely N-dealkylation sites (N-methyl/N-ethyl adjacent to an activating group) is 1. The molecule has 3 N–H and O–H groups in total. The number of carboxylic acid groups (broad SMARTS) is 1. The summed E-state index contributed by atoms with van der Waals surface area (Å²) in [5.41, 5.74) is 0. The average Bonchev–Trinajstić information content (AvgIpc) is 2.45. The molecule has 0 saturated heterocycles. The van der Waals surface area contributed by atoms with Gasteiger partial charge in [0.25, 0.3) is 0 Å². The molecule has 0 amide bonds. The molecular formula is C15H29N3O2. The molecule has 0 aromatic rings. The van der Waals surface area contributed by atoms with E-state index in [1.54, 1.807) is 0 Å². The summed E-state index contributed by atoms with van der Waals surface area (Å²) >= 11 is 0. The molecule has 0 aliphatic carbocycles. The van der Waals surface area contributed by atoms with Crippen LogP contribution >= 0.6 is 0 Å². The van der Waals surface area contributed by atoms with Gasteiger partial charge in [-0.15, -0.1) is 0 Å². The van der Waals surface area contributed by atoms with E-state index in [2.05, 4.69) is 12.2 Å². The Balaban J connectivity index is 3.95. The summed E-state index contributed by atoms with van der Waals surface area (Å²) in [4.78, 5) is 11.2. The van der Waals surface area contributed by atoms with Crippen molar-refractivity contribution in [1.29, 1.82) is 5.41 Å². The number of guanidine groups is 1. The second kappa shape index (κ2) is 12.5. The highest BCUT2D eigenvalue weighted by atomic mass is 16.4. The summed E-state index contributed by atoms with van der Waals surface area (Å²) < 4.78 is 21.7. The topological polar surface area (TPSA) is 76.4 Å². The van der Waals surface area contributed by atoms with Crippen LogP contribution in [-0.4, -0.2) is 35.5 Å². The maximum absolute atomic E-state index is 10.7. The minimum absolute atomic E-state index is 0.441. The normalized spacial score (nSPS) is 13.6. The molecule has 0 aliphatic heterocycles. The lowest BCUT2D eigenvalue weighted by Crippen LogP contribution is -2.38. The summed E-state index contributed by atoms with van der Waals surface area (Å²) in [6.45, 7) is -1.21. The predicted molar refractivity (Wildman–Crippen MR) is 82.9 cm³/mol. The Labute approximate surface area is 126 Å². The second-order valence-electron chi connectivity index (χ2n) is 4.79. The Morgan fingerprint density at radius 3 is 2.55 bits per heavy atom. The predicted octanol–water partition coefficient (Wildman–Crippen LogP) is 3.18. The number of carboxylic acids is 1. The standard InChI is InChI=1S/C15H29N3O2/c1-3-4-5-6-7-8-9-10-11-12-17-15(16)18(2)13-14(19)20/h11-12H,3-10,13H2,1-2H3,(H2,16,17)(H,19,20)/i2D3. The highest BCUT2D eigenvalue weighted by Gasteiger charge is 2.06. The zero-order valence-corrected chi connectivity index (χ0v) is 12.3. The molecule has 5 heteroatoms. The van der Waals surface area contributed by atoms with E-state index in [1.807, 2.05) is 6.08 Å². The summed E-state index contributed by atoms with van der Waals surface area (Å²) in [5.74, 6) is -1.73. The fourth-order valence-corrected chi connectivity index (χ4v) is 1.73. The first-order valence-corrected chi connectivity index (χ1v) is 7.28. The van der Waals surface area contributed by atoms with Gasteiger partial charge in [-0.25, -0.2) is 0 Å². The first-order valence-electron chi connectivity index (χ1n) is 8.78. The van der Waals surface area contributed by atoms with Gasteiger partial charge in [-0.3, -0.25) is 10.2 Å². The minimum atomic E-state index is -2.66. The third-order valence-electron chi connectivity index (χ3n) is 2.88. The molecule has 0 fully saturated rings. The molecule has 0 aromatic carbocycles. The highest BCUT2D eigenvalue weighted by Crippen LogP contribution is 2.08. The van der Waals surface area contributed by atoms with Gasteiger partial charge >= 0.3 is 5.97 Å². The Morgan fingerprint density at radius 1 is 1.30 bits per heavy atom. The van der Waals surface area contributed by atoms with Gasteiger partial charge in [-0.05, 0) is 19.0 Å². The third kappa shape index (κ3) is 11.6. The van der Waals surface area contributed by atoms with Crippen molar-refractivity contribution < 1.29 is 14.0 Å². The smallest absolute Gasteiger partial charge is 0.323 e. The van der Waals surface area contributed by atoms with Gasteiger partial charge in [-0.1, -0.05) is 51.5 Å². The van der Waals surface area contributed by atoms with Crippen molar-refractivity contribution in [3.05, 3.63) is 12.3 Å². The molecule has 0 rings (SSSR count). The fourth-order valence-electron chi connectivity index (χ4n) is 1.73. The lowest BCUT2D eigenvalue weighted by molar-refractivity contribution is -0.137. The number of hydrogen-bond donors (Lipinski definition) is 3. The molecule has 20 heavy (non-hydrogen) atoms. The molecule has 0 spiro atoms. The molecule has 5 nitrogen and oxygen atoms in total. The van der Waals surface area contributed by atoms with Crippen LogP contribution in [0.15, 0.2) is 12.3 Å². The first-order chi connectivity index (χ1) is 10.8. The summed E-state index contributed by atoms with van der Waals surface area (Å²) in [6, 6.07) is 0. The SMILES string of the molecule is [2H]C([2H])([2H])N(CC(=O)O)C(=N)NC=CCCCCCCCCC. The largest absolute Gasteiger partial charge is 0.480 e. The van der Waals surface area contributed by atoms with E-state index in [4.69, 9.17) is 14.6 Å². The number of nitrogens with one attached hydrogen (secondary N) is 2. The van der Waals surface area contributed by atoms with Gasteiger partial charge in [0, 0.05) is 11.1 Å². The Kier molecular flexibility index (Phi) is 8.42. The monoisotopic (exact) mass is 286 g/mol. The minimum Gasteiger partial charge on any atom is -0.480 e. The Bertz CT molecular complexity index is 385. The fraction of sp³-hybridized carbons (Fsp3) is 0.733. The Hall–Kier alpha value is -1.52. The van der Waals surface area contributed by atoms with Crippen molar-refractivity contribution in [2.75, 3.05) is 13.5 Å². The van der Waals surface area contributed by atoms with Crippen molar-refractivity contribution in [3.63, 3.8) is 0 Å². The molecule has 0 unspecified atom stereocenters. The van der Waals surface area contributed by atoms with Crippen LogP contribution in [0.25, 0.3) is 0 Å². The molecule has 0 saturated carbocycles. The van der Waals surface area contributed by atoms with E-state index < -0.39 is 25.4 Å². The molecule has 0 aliphatic rings. The van der Waals surface area contributed by atoms with Crippen molar-refractivity contribution >= 4 is 11.9 Å². The maximum Gasteiger partial charge on any atom is 0.323 e. The average molecular weight is 286 g/mol. The molecule has 0 heterocycles. The maximum atomic E-state index is 10.7. The third-order valence-corrected chi connectivity index (χ3v) is 2.88. The van der Waals surface area contributed by atoms with Gasteiger partial charge in [0.1, 0.15) is 6.54 Å². The van der Waals surface area contributed by atoms with E-state index in [1.165, 1.54) is 38.3 Å². The highest BCUT2D eigenvalue weighted by molar-refractivity contribution is 5.81. The summed E-state index contributed by atoms with van der Waals surface area (Å²) in [5, 5.41) is 18.9. The number of nitrogens with zero attached hydrogens (tertiary/aromatic N) is 1. The first kappa shape index (κ1) is 13.5. The Morgan fingerprint density at radius 2 is 1.95 bits per heavy atom. The van der Waals surface area contributed by atoms with Crippen molar-refractivity contribution in [2.24, 2.45) is 0 Å². The van der Waals surface area contributed by atoms with Crippen molar-refractivity contribution in [2.45, 2.75) is 58.3 Å². The molecule has 0 atom stereocenters. The van der Waals surface area contributed by atoms with Crippen LogP contribution in [0.5, 0.6) is 0 Å². The summed E-state index contributed by atoms with van der Waals surface area (Å²) in [7, 11) is 0. The van der Waals surface area contributed by atoms with Crippen LogP contribution in [0, 0.1) is 5.41 Å². The summed E-state index contributed by atoms with van der Waals surface area (Å²) in [6.07, 6.45) is 12.7. The number of rotatable bonds is 11. The van der Waals surface area contributed by atoms with Gasteiger partial charge in [0.05, 0.1) is 0 Å². The van der Waals surface area contributed by atoms with Crippen molar-refractivity contribution in [1.82, 2.24) is 10.2 Å². The number of hydrogen-bond acceptors (Lipinski definition) is 2. The van der Waals surface area contributed by atoms with Gasteiger partial charge < -0.3 is 15.3 Å². The van der Waals surface area contributed by atoms with Crippen LogP contribution in [0.4, 0.5) is 0 Å². The lowest BCUT2D eigenvalue weighted by Gasteiger charge is -2.16. The van der Waals surface area contributed by atoms with E-state index in [-0.39, 0.29) is 0 Å². The van der Waals surface area contributed by atoms with Crippen LogP contribution in [0.2, 0.25) is 0 Å². The molecule has 0 bridgehead atoms. The zero-order valence-electron chi connectivity index (χ0n) is 15.3. The van der Waals surface area contributed by atoms with Crippen molar-refractivity contribution in [3.8, 4) is 0 Å². The van der Waals surface area contributed by atoms with Crippen LogP contribution in [0.3, 0.4) is 0 Å². The molecule has 116 valence electrons. The molecule has 0 radical (unpaired) electrons. The van der Waals surface area contributed by atoms with Crippen LogP contribution in [-0.2, 0) is 4.79 Å². The van der Waals surface area contributed by atoms with Gasteiger partial charge in [-0.2, -0.15) is 0 Å². The molecular weight excluding hydrogens is 254 g/mol. The van der Waals surface area contributed by atoms with Crippen LogP contribution in [0.1, 0.15) is 62.4 Å². The number of allylic oxidation sites excluding steroid dienone is 1. The second-order valence-corrected chi connectivity index (χ2v) is 4.79. The van der Waals surface area contributed by atoms with Gasteiger partial charge in [0.15, 0.2) is 5.96 Å².